The van der Waals surface area contributed by atoms with Gasteiger partial charge in [-0.05, 0) is 36.7 Å². The van der Waals surface area contributed by atoms with E-state index in [0.717, 1.165) is 24.7 Å². The summed E-state index contributed by atoms with van der Waals surface area (Å²) in [6.07, 6.45) is 2.18. The Morgan fingerprint density at radius 1 is 1.33 bits per heavy atom. The Bertz CT molecular complexity index is 592. The lowest BCUT2D eigenvalue weighted by Gasteiger charge is -2.11. The Morgan fingerprint density at radius 2 is 2.19 bits per heavy atom. The molecule has 2 aromatic rings. The molecule has 0 bridgehead atoms. The van der Waals surface area contributed by atoms with E-state index in [9.17, 15) is 4.39 Å². The largest absolute Gasteiger partial charge is 0.473 e. The van der Waals surface area contributed by atoms with E-state index in [1.807, 2.05) is 18.2 Å². The average molecular weight is 309 g/mol. The first-order chi connectivity index (χ1) is 10.2. The minimum absolute atomic E-state index is 0.347. The van der Waals surface area contributed by atoms with Gasteiger partial charge in [-0.15, -0.1) is 0 Å². The molecule has 0 saturated heterocycles. The number of hydrogen-bond acceptors (Lipinski definition) is 3. The molecule has 0 radical (unpaired) electrons. The van der Waals surface area contributed by atoms with Crippen molar-refractivity contribution in [1.82, 2.24) is 10.3 Å². The van der Waals surface area contributed by atoms with Crippen molar-refractivity contribution < 1.29 is 9.13 Å². The Kier molecular flexibility index (Phi) is 5.96. The summed E-state index contributed by atoms with van der Waals surface area (Å²) >= 11 is 5.93. The molecule has 0 aliphatic rings. The zero-order valence-corrected chi connectivity index (χ0v) is 12.7. The van der Waals surface area contributed by atoms with Crippen molar-refractivity contribution in [2.24, 2.45) is 0 Å². The van der Waals surface area contributed by atoms with Gasteiger partial charge in [0.1, 0.15) is 12.4 Å². The fourth-order valence-electron chi connectivity index (χ4n) is 1.90. The van der Waals surface area contributed by atoms with Crippen molar-refractivity contribution in [3.8, 4) is 5.88 Å². The molecule has 112 valence electrons. The van der Waals surface area contributed by atoms with Crippen molar-refractivity contribution in [2.45, 2.75) is 26.5 Å². The van der Waals surface area contributed by atoms with Gasteiger partial charge in [-0.1, -0.05) is 30.7 Å². The van der Waals surface area contributed by atoms with Gasteiger partial charge in [0, 0.05) is 17.1 Å². The highest BCUT2D eigenvalue weighted by molar-refractivity contribution is 6.30. The van der Waals surface area contributed by atoms with E-state index in [1.165, 1.54) is 6.07 Å². The van der Waals surface area contributed by atoms with Gasteiger partial charge in [-0.2, -0.15) is 0 Å². The Labute approximate surface area is 129 Å². The van der Waals surface area contributed by atoms with Gasteiger partial charge < -0.3 is 10.1 Å². The normalized spacial score (nSPS) is 10.6. The summed E-state index contributed by atoms with van der Waals surface area (Å²) < 4.78 is 19.0. The number of rotatable bonds is 7. The van der Waals surface area contributed by atoms with Crippen LogP contribution >= 0.6 is 11.6 Å². The van der Waals surface area contributed by atoms with Crippen molar-refractivity contribution in [3.63, 3.8) is 0 Å². The minimum Gasteiger partial charge on any atom is -0.473 e. The summed E-state index contributed by atoms with van der Waals surface area (Å²) in [7, 11) is 0. The quantitative estimate of drug-likeness (QED) is 0.786. The van der Waals surface area contributed by atoms with Crippen molar-refractivity contribution >= 4 is 11.6 Å². The smallest absolute Gasteiger partial charge is 0.218 e. The molecule has 0 unspecified atom stereocenters. The predicted molar refractivity (Wildman–Crippen MR) is 82.0 cm³/mol. The second-order valence-electron chi connectivity index (χ2n) is 4.71. The molecule has 0 spiro atoms. The molecule has 0 aliphatic carbocycles. The summed E-state index contributed by atoms with van der Waals surface area (Å²) in [6, 6.07) is 8.87. The van der Waals surface area contributed by atoms with Crippen LogP contribution in [0.25, 0.3) is 0 Å². The SMILES string of the molecule is CCCNCc1cc(F)cnc1OCc1cccc(Cl)c1. The third-order valence-electron chi connectivity index (χ3n) is 2.90. The first kappa shape index (κ1) is 15.7. The molecule has 21 heavy (non-hydrogen) atoms. The Morgan fingerprint density at radius 3 is 2.95 bits per heavy atom. The monoisotopic (exact) mass is 308 g/mol. The Hall–Kier alpha value is -1.65. The maximum Gasteiger partial charge on any atom is 0.218 e. The number of halogens is 2. The van der Waals surface area contributed by atoms with Crippen LogP contribution in [0.2, 0.25) is 5.02 Å². The first-order valence-electron chi connectivity index (χ1n) is 6.91. The van der Waals surface area contributed by atoms with Gasteiger partial charge in [0.2, 0.25) is 5.88 Å². The zero-order valence-electron chi connectivity index (χ0n) is 11.9. The molecule has 0 fully saturated rings. The van der Waals surface area contributed by atoms with Gasteiger partial charge in [0.25, 0.3) is 0 Å². The molecule has 0 atom stereocenters. The van der Waals surface area contributed by atoms with E-state index in [2.05, 4.69) is 17.2 Å². The third-order valence-corrected chi connectivity index (χ3v) is 3.13. The standard InChI is InChI=1S/C16H18ClFN2O/c1-2-6-19-9-13-8-15(18)10-20-16(13)21-11-12-4-3-5-14(17)7-12/h3-5,7-8,10,19H,2,6,9,11H2,1H3. The molecule has 3 nitrogen and oxygen atoms in total. The number of pyridine rings is 1. The van der Waals surface area contributed by atoms with Crippen LogP contribution in [0.1, 0.15) is 24.5 Å². The van der Waals surface area contributed by atoms with E-state index < -0.39 is 0 Å². The molecule has 1 N–H and O–H groups in total. The number of hydrogen-bond donors (Lipinski definition) is 1. The number of ether oxygens (including phenoxy) is 1. The molecule has 5 heteroatoms. The summed E-state index contributed by atoms with van der Waals surface area (Å²) in [6.45, 7) is 3.82. The highest BCUT2D eigenvalue weighted by atomic mass is 35.5. The van der Waals surface area contributed by atoms with Gasteiger partial charge >= 0.3 is 0 Å². The van der Waals surface area contributed by atoms with Crippen LogP contribution < -0.4 is 10.1 Å². The summed E-state index contributed by atoms with van der Waals surface area (Å²) in [4.78, 5) is 4.02. The summed E-state index contributed by atoms with van der Waals surface area (Å²) in [5.41, 5.74) is 1.66. The predicted octanol–water partition coefficient (Wildman–Crippen LogP) is 3.95. The molecule has 0 saturated carbocycles. The average Bonchev–Trinajstić information content (AvgIpc) is 2.47. The van der Waals surface area contributed by atoms with Crippen molar-refractivity contribution in [1.29, 1.82) is 0 Å². The van der Waals surface area contributed by atoms with Gasteiger partial charge in [-0.25, -0.2) is 9.37 Å². The first-order valence-corrected chi connectivity index (χ1v) is 7.29. The highest BCUT2D eigenvalue weighted by Gasteiger charge is 2.07. The molecule has 2 rings (SSSR count). The number of nitrogens with one attached hydrogen (secondary N) is 1. The summed E-state index contributed by atoms with van der Waals surface area (Å²) in [5.74, 6) is 0.0818. The molecule has 0 aliphatic heterocycles. The van der Waals surface area contributed by atoms with Crippen LogP contribution in [0.3, 0.4) is 0 Å². The van der Waals surface area contributed by atoms with Crippen LogP contribution in [0, 0.1) is 5.82 Å². The highest BCUT2D eigenvalue weighted by Crippen LogP contribution is 2.18. The second-order valence-corrected chi connectivity index (χ2v) is 5.15. The van der Waals surface area contributed by atoms with Crippen LogP contribution in [0.5, 0.6) is 5.88 Å². The van der Waals surface area contributed by atoms with Crippen molar-refractivity contribution in [3.05, 3.63) is 58.5 Å². The van der Waals surface area contributed by atoms with E-state index in [-0.39, 0.29) is 5.82 Å². The minimum atomic E-state index is -0.363. The molecule has 1 aromatic carbocycles. The van der Waals surface area contributed by atoms with Gasteiger partial charge in [0.15, 0.2) is 0 Å². The molecule has 1 aromatic heterocycles. The van der Waals surface area contributed by atoms with E-state index in [0.29, 0.717) is 29.6 Å². The summed E-state index contributed by atoms with van der Waals surface area (Å²) in [5, 5.41) is 3.88. The second kappa shape index (κ2) is 7.96. The third kappa shape index (κ3) is 4.99. The maximum atomic E-state index is 13.3. The van der Waals surface area contributed by atoms with Crippen LogP contribution in [0.15, 0.2) is 36.5 Å². The van der Waals surface area contributed by atoms with Crippen LogP contribution in [0.4, 0.5) is 4.39 Å². The molecule has 0 amide bonds. The van der Waals surface area contributed by atoms with Crippen LogP contribution in [-0.2, 0) is 13.2 Å². The van der Waals surface area contributed by atoms with Gasteiger partial charge in [-0.3, -0.25) is 0 Å². The Balaban J connectivity index is 2.04. The molecule has 1 heterocycles. The number of nitrogens with zero attached hydrogens (tertiary/aromatic N) is 1. The van der Waals surface area contributed by atoms with Crippen molar-refractivity contribution in [2.75, 3.05) is 6.54 Å². The topological polar surface area (TPSA) is 34.2 Å². The fourth-order valence-corrected chi connectivity index (χ4v) is 2.12. The number of aromatic nitrogens is 1. The lowest BCUT2D eigenvalue weighted by atomic mass is 10.2. The molecular weight excluding hydrogens is 291 g/mol. The van der Waals surface area contributed by atoms with E-state index >= 15 is 0 Å². The molecular formula is C16H18ClFN2O. The van der Waals surface area contributed by atoms with Crippen LogP contribution in [-0.4, -0.2) is 11.5 Å². The lowest BCUT2D eigenvalue weighted by Crippen LogP contribution is -2.15. The number of benzene rings is 1. The van der Waals surface area contributed by atoms with E-state index in [4.69, 9.17) is 16.3 Å². The van der Waals surface area contributed by atoms with E-state index in [1.54, 1.807) is 6.07 Å². The maximum absolute atomic E-state index is 13.3. The van der Waals surface area contributed by atoms with Gasteiger partial charge in [0.05, 0.1) is 6.20 Å². The fraction of sp³-hybridized carbons (Fsp3) is 0.312. The lowest BCUT2D eigenvalue weighted by molar-refractivity contribution is 0.288. The zero-order chi connectivity index (χ0) is 15.1.